The molecule has 3 aliphatic rings. The number of piperidine rings is 1. The lowest BCUT2D eigenvalue weighted by atomic mass is 9.98. The van der Waals surface area contributed by atoms with Crippen LogP contribution in [0.3, 0.4) is 0 Å². The van der Waals surface area contributed by atoms with Crippen LogP contribution < -0.4 is 4.90 Å². The van der Waals surface area contributed by atoms with Gasteiger partial charge in [0.2, 0.25) is 11.8 Å². The van der Waals surface area contributed by atoms with Crippen LogP contribution in [-0.4, -0.2) is 70.7 Å². The molecule has 3 aliphatic heterocycles. The first-order valence-corrected chi connectivity index (χ1v) is 8.47. The van der Waals surface area contributed by atoms with Crippen LogP contribution in [0, 0.1) is 0 Å². The first-order valence-electron chi connectivity index (χ1n) is 8.47. The van der Waals surface area contributed by atoms with E-state index in [9.17, 15) is 9.59 Å². The maximum Gasteiger partial charge on any atom is 0.239 e. The molecule has 7 heteroatoms. The van der Waals surface area contributed by atoms with Crippen molar-refractivity contribution in [1.82, 2.24) is 19.6 Å². The number of aromatic nitrogens is 2. The molecule has 0 bridgehead atoms. The molecule has 0 aliphatic carbocycles. The van der Waals surface area contributed by atoms with Gasteiger partial charge in [-0.05, 0) is 19.3 Å². The lowest BCUT2D eigenvalue weighted by Gasteiger charge is -2.46. The van der Waals surface area contributed by atoms with Crippen LogP contribution in [0.25, 0.3) is 0 Å². The van der Waals surface area contributed by atoms with E-state index in [2.05, 4.69) is 10.00 Å². The second-order valence-corrected chi connectivity index (χ2v) is 6.85. The minimum absolute atomic E-state index is 0.0418. The van der Waals surface area contributed by atoms with Gasteiger partial charge in [0.1, 0.15) is 0 Å². The average molecular weight is 317 g/mol. The van der Waals surface area contributed by atoms with E-state index in [4.69, 9.17) is 0 Å². The fraction of sp³-hybridized carbons (Fsp3) is 0.688. The summed E-state index contributed by atoms with van der Waals surface area (Å²) in [6.45, 7) is 3.39. The van der Waals surface area contributed by atoms with E-state index in [1.165, 1.54) is 0 Å². The van der Waals surface area contributed by atoms with E-state index < -0.39 is 0 Å². The number of nitrogens with zero attached hydrogens (tertiary/aromatic N) is 5. The topological polar surface area (TPSA) is 61.7 Å². The molecule has 0 radical (unpaired) electrons. The van der Waals surface area contributed by atoms with Gasteiger partial charge in [-0.15, -0.1) is 0 Å². The molecule has 0 spiro atoms. The second-order valence-electron chi connectivity index (χ2n) is 6.85. The molecular weight excluding hydrogens is 294 g/mol. The summed E-state index contributed by atoms with van der Waals surface area (Å²) in [4.78, 5) is 29.9. The molecule has 2 amide bonds. The van der Waals surface area contributed by atoms with Gasteiger partial charge in [-0.25, -0.2) is 0 Å². The Hall–Kier alpha value is -1.89. The molecule has 1 aromatic rings. The monoisotopic (exact) mass is 317 g/mol. The highest BCUT2D eigenvalue weighted by atomic mass is 16.2. The lowest BCUT2D eigenvalue weighted by Crippen LogP contribution is -2.59. The number of likely N-dealkylation sites (tertiary alicyclic amines) is 2. The van der Waals surface area contributed by atoms with Crippen LogP contribution in [0.2, 0.25) is 0 Å². The molecule has 124 valence electrons. The van der Waals surface area contributed by atoms with Gasteiger partial charge in [0, 0.05) is 45.8 Å². The summed E-state index contributed by atoms with van der Waals surface area (Å²) in [6, 6.07) is 0.349. The van der Waals surface area contributed by atoms with Crippen LogP contribution in [-0.2, 0) is 9.59 Å². The highest BCUT2D eigenvalue weighted by Gasteiger charge is 2.39. The number of likely N-dealkylation sites (N-methyl/N-ethyl adjacent to an activating group) is 1. The fourth-order valence-electron chi connectivity index (χ4n) is 3.85. The Labute approximate surface area is 135 Å². The highest BCUT2D eigenvalue weighted by Crippen LogP contribution is 2.29. The van der Waals surface area contributed by atoms with Crippen molar-refractivity contribution in [2.24, 2.45) is 0 Å². The van der Waals surface area contributed by atoms with Gasteiger partial charge in [-0.1, -0.05) is 0 Å². The number of carbonyl (C=O) groups excluding carboxylic acids is 2. The zero-order chi connectivity index (χ0) is 16.0. The van der Waals surface area contributed by atoms with E-state index in [-0.39, 0.29) is 17.9 Å². The largest absolute Gasteiger partial charge is 0.344 e. The minimum atomic E-state index is 0.0418. The number of carbonyl (C=O) groups is 2. The number of amides is 2. The number of rotatable bonds is 3. The standard InChI is InChI=1S/C16H23N5O2/c1-18-6-2-4-14(16(18)23)19-9-13(10-19)21-11-12(8-17-21)20-7-3-5-15(20)22/h8,11,13-14H,2-7,9-10H2,1H3. The van der Waals surface area contributed by atoms with Gasteiger partial charge in [0.15, 0.2) is 0 Å². The van der Waals surface area contributed by atoms with E-state index in [1.54, 1.807) is 6.20 Å². The molecule has 3 saturated heterocycles. The van der Waals surface area contributed by atoms with Gasteiger partial charge >= 0.3 is 0 Å². The van der Waals surface area contributed by atoms with Crippen molar-refractivity contribution < 1.29 is 9.59 Å². The highest BCUT2D eigenvalue weighted by molar-refractivity contribution is 5.95. The minimum Gasteiger partial charge on any atom is -0.344 e. The number of anilines is 1. The summed E-state index contributed by atoms with van der Waals surface area (Å²) in [6.07, 6.45) is 7.36. The Morgan fingerprint density at radius 2 is 2.00 bits per heavy atom. The fourth-order valence-corrected chi connectivity index (χ4v) is 3.85. The molecule has 1 atom stereocenters. The normalized spacial score (nSPS) is 26.9. The van der Waals surface area contributed by atoms with Crippen LogP contribution in [0.1, 0.15) is 31.7 Å². The van der Waals surface area contributed by atoms with Gasteiger partial charge in [-0.2, -0.15) is 5.10 Å². The number of hydrogen-bond donors (Lipinski definition) is 0. The van der Waals surface area contributed by atoms with Gasteiger partial charge in [0.05, 0.1) is 24.0 Å². The van der Waals surface area contributed by atoms with E-state index in [0.29, 0.717) is 12.5 Å². The summed E-state index contributed by atoms with van der Waals surface area (Å²) >= 11 is 0. The summed E-state index contributed by atoms with van der Waals surface area (Å²) in [7, 11) is 1.89. The molecule has 1 unspecified atom stereocenters. The smallest absolute Gasteiger partial charge is 0.239 e. The molecular formula is C16H23N5O2. The Bertz CT molecular complexity index is 622. The van der Waals surface area contributed by atoms with Crippen LogP contribution in [0.4, 0.5) is 5.69 Å². The first-order chi connectivity index (χ1) is 11.1. The number of hydrogen-bond acceptors (Lipinski definition) is 4. The van der Waals surface area contributed by atoms with Crippen molar-refractivity contribution in [1.29, 1.82) is 0 Å². The van der Waals surface area contributed by atoms with Crippen LogP contribution in [0.5, 0.6) is 0 Å². The maximum absolute atomic E-state index is 12.2. The molecule has 1 aromatic heterocycles. The predicted octanol–water partition coefficient (Wildman–Crippen LogP) is 0.487. The average Bonchev–Trinajstić information content (AvgIpc) is 3.11. The third kappa shape index (κ3) is 2.52. The molecule has 7 nitrogen and oxygen atoms in total. The van der Waals surface area contributed by atoms with E-state index in [0.717, 1.165) is 51.1 Å². The molecule has 4 heterocycles. The van der Waals surface area contributed by atoms with E-state index >= 15 is 0 Å². The zero-order valence-corrected chi connectivity index (χ0v) is 13.5. The molecule has 23 heavy (non-hydrogen) atoms. The SMILES string of the molecule is CN1CCCC(N2CC(n3cc(N4CCCC4=O)cn3)C2)C1=O. The van der Waals surface area contributed by atoms with Crippen molar-refractivity contribution in [3.8, 4) is 0 Å². The Kier molecular flexibility index (Phi) is 3.60. The third-order valence-corrected chi connectivity index (χ3v) is 5.31. The maximum atomic E-state index is 12.2. The molecule has 0 saturated carbocycles. The van der Waals surface area contributed by atoms with Crippen molar-refractivity contribution in [2.45, 2.75) is 37.8 Å². The van der Waals surface area contributed by atoms with Gasteiger partial charge in [-0.3, -0.25) is 19.2 Å². The molecule has 0 N–H and O–H groups in total. The lowest BCUT2D eigenvalue weighted by molar-refractivity contribution is -0.141. The van der Waals surface area contributed by atoms with Crippen molar-refractivity contribution in [2.75, 3.05) is 38.1 Å². The Balaban J connectivity index is 1.38. The summed E-state index contributed by atoms with van der Waals surface area (Å²) < 4.78 is 1.95. The zero-order valence-electron chi connectivity index (χ0n) is 13.5. The summed E-state index contributed by atoms with van der Waals surface area (Å²) in [5.41, 5.74) is 0.902. The molecule has 0 aromatic carbocycles. The molecule has 4 rings (SSSR count). The van der Waals surface area contributed by atoms with Crippen molar-refractivity contribution >= 4 is 17.5 Å². The van der Waals surface area contributed by atoms with Crippen LogP contribution in [0.15, 0.2) is 12.4 Å². The quantitative estimate of drug-likeness (QED) is 0.814. The second kappa shape index (κ2) is 5.63. The van der Waals surface area contributed by atoms with Crippen molar-refractivity contribution in [3.63, 3.8) is 0 Å². The van der Waals surface area contributed by atoms with Gasteiger partial charge in [0.25, 0.3) is 0 Å². The van der Waals surface area contributed by atoms with Crippen LogP contribution >= 0.6 is 0 Å². The summed E-state index contributed by atoms with van der Waals surface area (Å²) in [5, 5.41) is 4.43. The Morgan fingerprint density at radius 1 is 1.17 bits per heavy atom. The summed E-state index contributed by atoms with van der Waals surface area (Å²) in [5.74, 6) is 0.439. The van der Waals surface area contributed by atoms with E-state index in [1.807, 2.05) is 27.7 Å². The molecule has 3 fully saturated rings. The third-order valence-electron chi connectivity index (χ3n) is 5.31. The Morgan fingerprint density at radius 3 is 2.74 bits per heavy atom. The van der Waals surface area contributed by atoms with Gasteiger partial charge < -0.3 is 9.80 Å². The van der Waals surface area contributed by atoms with Crippen molar-refractivity contribution in [3.05, 3.63) is 12.4 Å². The first kappa shape index (κ1) is 14.7. The predicted molar refractivity (Wildman–Crippen MR) is 85.1 cm³/mol.